The van der Waals surface area contributed by atoms with Gasteiger partial charge in [-0.1, -0.05) is 6.92 Å². The van der Waals surface area contributed by atoms with Crippen LogP contribution in [0.5, 0.6) is 0 Å². The molecule has 0 amide bonds. The highest BCUT2D eigenvalue weighted by Gasteiger charge is 2.24. The molecule has 1 heterocycles. The second-order valence-electron chi connectivity index (χ2n) is 5.07. The van der Waals surface area contributed by atoms with Gasteiger partial charge in [-0.3, -0.25) is 4.90 Å². The van der Waals surface area contributed by atoms with Gasteiger partial charge < -0.3 is 5.32 Å². The summed E-state index contributed by atoms with van der Waals surface area (Å²) >= 11 is 0. The van der Waals surface area contributed by atoms with Gasteiger partial charge in [-0.25, -0.2) is 0 Å². The number of nitrogens with one attached hydrogen (secondary N) is 1. The summed E-state index contributed by atoms with van der Waals surface area (Å²) in [5.74, 6) is 0.874. The third-order valence-corrected chi connectivity index (χ3v) is 2.97. The predicted molar refractivity (Wildman–Crippen MR) is 58.0 cm³/mol. The van der Waals surface area contributed by atoms with E-state index in [1.165, 1.54) is 32.6 Å². The van der Waals surface area contributed by atoms with E-state index in [0.29, 0.717) is 5.54 Å². The first-order valence-corrected chi connectivity index (χ1v) is 5.50. The average Bonchev–Trinajstić information content (AvgIpc) is 2.49. The molecule has 0 aromatic rings. The van der Waals surface area contributed by atoms with Crippen molar-refractivity contribution < 1.29 is 0 Å². The van der Waals surface area contributed by atoms with Gasteiger partial charge in [0.15, 0.2) is 0 Å². The molecule has 0 aromatic carbocycles. The quantitative estimate of drug-likeness (QED) is 0.718. The SMILES string of the molecule is CCN(C[C@H]1CCNC1)C(C)(C)C. The zero-order valence-corrected chi connectivity index (χ0v) is 9.56. The minimum atomic E-state index is 0.331. The number of hydrogen-bond donors (Lipinski definition) is 1. The van der Waals surface area contributed by atoms with E-state index in [9.17, 15) is 0 Å². The van der Waals surface area contributed by atoms with Crippen molar-refractivity contribution in [3.8, 4) is 0 Å². The minimum absolute atomic E-state index is 0.331. The van der Waals surface area contributed by atoms with Crippen LogP contribution in [0.15, 0.2) is 0 Å². The van der Waals surface area contributed by atoms with E-state index in [1.807, 2.05) is 0 Å². The van der Waals surface area contributed by atoms with Crippen molar-refractivity contribution in [3.05, 3.63) is 0 Å². The summed E-state index contributed by atoms with van der Waals surface area (Å²) in [5.41, 5.74) is 0.331. The first-order valence-electron chi connectivity index (χ1n) is 5.50. The highest BCUT2D eigenvalue weighted by Crippen LogP contribution is 2.17. The van der Waals surface area contributed by atoms with Crippen LogP contribution < -0.4 is 5.32 Å². The second-order valence-corrected chi connectivity index (χ2v) is 5.07. The molecule has 1 rings (SSSR count). The molecule has 1 N–H and O–H groups in total. The third kappa shape index (κ3) is 3.28. The van der Waals surface area contributed by atoms with Gasteiger partial charge in [-0.2, -0.15) is 0 Å². The summed E-state index contributed by atoms with van der Waals surface area (Å²) in [4.78, 5) is 2.57. The van der Waals surface area contributed by atoms with E-state index < -0.39 is 0 Å². The lowest BCUT2D eigenvalue weighted by Crippen LogP contribution is -2.44. The van der Waals surface area contributed by atoms with E-state index in [-0.39, 0.29) is 0 Å². The molecule has 0 aromatic heterocycles. The fourth-order valence-corrected chi connectivity index (χ4v) is 2.06. The largest absolute Gasteiger partial charge is 0.316 e. The van der Waals surface area contributed by atoms with Crippen LogP contribution in [0.3, 0.4) is 0 Å². The maximum absolute atomic E-state index is 3.43. The number of nitrogens with zero attached hydrogens (tertiary/aromatic N) is 1. The lowest BCUT2D eigenvalue weighted by Gasteiger charge is -2.36. The normalized spacial score (nSPS) is 24.2. The summed E-state index contributed by atoms with van der Waals surface area (Å²) < 4.78 is 0. The van der Waals surface area contributed by atoms with Crippen LogP contribution in [-0.4, -0.2) is 36.6 Å². The molecular weight excluding hydrogens is 160 g/mol. The Morgan fingerprint density at radius 2 is 2.08 bits per heavy atom. The molecular formula is C11H24N2. The maximum Gasteiger partial charge on any atom is 0.0125 e. The third-order valence-electron chi connectivity index (χ3n) is 2.97. The zero-order valence-electron chi connectivity index (χ0n) is 9.56. The van der Waals surface area contributed by atoms with Gasteiger partial charge in [-0.05, 0) is 52.7 Å². The molecule has 0 aliphatic carbocycles. The van der Waals surface area contributed by atoms with Crippen LogP contribution in [0.1, 0.15) is 34.1 Å². The highest BCUT2D eigenvalue weighted by molar-refractivity contribution is 4.81. The molecule has 1 saturated heterocycles. The van der Waals surface area contributed by atoms with E-state index in [4.69, 9.17) is 0 Å². The van der Waals surface area contributed by atoms with Crippen LogP contribution in [0.25, 0.3) is 0 Å². The van der Waals surface area contributed by atoms with Crippen LogP contribution in [0, 0.1) is 5.92 Å². The molecule has 78 valence electrons. The Hall–Kier alpha value is -0.0800. The fourth-order valence-electron chi connectivity index (χ4n) is 2.06. The van der Waals surface area contributed by atoms with Gasteiger partial charge in [0, 0.05) is 12.1 Å². The molecule has 0 radical (unpaired) electrons. The summed E-state index contributed by atoms with van der Waals surface area (Å²) in [6.45, 7) is 14.0. The standard InChI is InChI=1S/C11H24N2/c1-5-13(11(2,3)4)9-10-6-7-12-8-10/h10,12H,5-9H2,1-4H3/t10-/m0/s1. The van der Waals surface area contributed by atoms with Crippen LogP contribution >= 0.6 is 0 Å². The molecule has 0 spiro atoms. The van der Waals surface area contributed by atoms with E-state index >= 15 is 0 Å². The molecule has 1 aliphatic rings. The Morgan fingerprint density at radius 3 is 2.46 bits per heavy atom. The summed E-state index contributed by atoms with van der Waals surface area (Å²) in [6.07, 6.45) is 1.35. The minimum Gasteiger partial charge on any atom is -0.316 e. The molecule has 0 bridgehead atoms. The van der Waals surface area contributed by atoms with Crippen LogP contribution in [-0.2, 0) is 0 Å². The van der Waals surface area contributed by atoms with Crippen molar-refractivity contribution in [2.45, 2.75) is 39.7 Å². The van der Waals surface area contributed by atoms with Crippen molar-refractivity contribution in [3.63, 3.8) is 0 Å². The number of rotatable bonds is 3. The lowest BCUT2D eigenvalue weighted by molar-refractivity contribution is 0.124. The van der Waals surface area contributed by atoms with Gasteiger partial charge in [0.2, 0.25) is 0 Å². The van der Waals surface area contributed by atoms with Gasteiger partial charge in [0.25, 0.3) is 0 Å². The van der Waals surface area contributed by atoms with Crippen molar-refractivity contribution >= 4 is 0 Å². The van der Waals surface area contributed by atoms with E-state index in [2.05, 4.69) is 37.9 Å². The zero-order chi connectivity index (χ0) is 9.90. The Kier molecular flexibility index (Phi) is 3.74. The first kappa shape index (κ1) is 11.0. The second kappa shape index (κ2) is 4.43. The number of hydrogen-bond acceptors (Lipinski definition) is 2. The molecule has 1 aliphatic heterocycles. The van der Waals surface area contributed by atoms with Gasteiger partial charge in [0.05, 0.1) is 0 Å². The van der Waals surface area contributed by atoms with Crippen LogP contribution in [0.2, 0.25) is 0 Å². The molecule has 0 unspecified atom stereocenters. The Labute approximate surface area is 82.7 Å². The summed E-state index contributed by atoms with van der Waals surface area (Å²) in [7, 11) is 0. The summed E-state index contributed by atoms with van der Waals surface area (Å²) in [5, 5.41) is 3.43. The average molecular weight is 184 g/mol. The molecule has 2 heteroatoms. The van der Waals surface area contributed by atoms with Gasteiger partial charge in [0.1, 0.15) is 0 Å². The molecule has 13 heavy (non-hydrogen) atoms. The topological polar surface area (TPSA) is 15.3 Å². The van der Waals surface area contributed by atoms with Crippen molar-refractivity contribution in [1.82, 2.24) is 10.2 Å². The van der Waals surface area contributed by atoms with Crippen molar-refractivity contribution in [2.75, 3.05) is 26.2 Å². The van der Waals surface area contributed by atoms with Crippen molar-refractivity contribution in [1.29, 1.82) is 0 Å². The highest BCUT2D eigenvalue weighted by atomic mass is 15.2. The molecule has 2 nitrogen and oxygen atoms in total. The van der Waals surface area contributed by atoms with Gasteiger partial charge >= 0.3 is 0 Å². The Morgan fingerprint density at radius 1 is 1.38 bits per heavy atom. The Balaban J connectivity index is 2.39. The van der Waals surface area contributed by atoms with Gasteiger partial charge in [-0.15, -0.1) is 0 Å². The molecule has 0 saturated carbocycles. The lowest BCUT2D eigenvalue weighted by atomic mass is 10.0. The van der Waals surface area contributed by atoms with Crippen LogP contribution in [0.4, 0.5) is 0 Å². The Bertz CT molecular complexity index is 143. The fraction of sp³-hybridized carbons (Fsp3) is 1.00. The van der Waals surface area contributed by atoms with E-state index in [0.717, 1.165) is 5.92 Å². The first-order chi connectivity index (χ1) is 6.04. The maximum atomic E-state index is 3.43. The molecule has 1 atom stereocenters. The molecule has 1 fully saturated rings. The smallest absolute Gasteiger partial charge is 0.0125 e. The monoisotopic (exact) mass is 184 g/mol. The predicted octanol–water partition coefficient (Wildman–Crippen LogP) is 1.72. The van der Waals surface area contributed by atoms with E-state index in [1.54, 1.807) is 0 Å². The summed E-state index contributed by atoms with van der Waals surface area (Å²) in [6, 6.07) is 0. The van der Waals surface area contributed by atoms with Crippen molar-refractivity contribution in [2.24, 2.45) is 5.92 Å².